The molecule has 1 fully saturated rings. The highest BCUT2D eigenvalue weighted by atomic mass is 35.5. The Labute approximate surface area is 165 Å². The first-order valence-electron chi connectivity index (χ1n) is 9.42. The number of para-hydroxylation sites is 1. The summed E-state index contributed by atoms with van der Waals surface area (Å²) in [6.07, 6.45) is 1.95. The second-order valence-electron chi connectivity index (χ2n) is 6.99. The molecule has 2 aromatic rings. The lowest BCUT2D eigenvalue weighted by Crippen LogP contribution is -2.29. The number of benzene rings is 2. The molecule has 3 rings (SSSR count). The quantitative estimate of drug-likeness (QED) is 0.807. The van der Waals surface area contributed by atoms with Crippen LogP contribution in [0.2, 0.25) is 5.02 Å². The van der Waals surface area contributed by atoms with E-state index in [1.165, 1.54) is 0 Å². The summed E-state index contributed by atoms with van der Waals surface area (Å²) in [7, 11) is 0. The van der Waals surface area contributed by atoms with Crippen LogP contribution in [0.5, 0.6) is 0 Å². The Kier molecular flexibility index (Phi) is 5.85. The molecule has 0 aliphatic carbocycles. The predicted molar refractivity (Wildman–Crippen MR) is 110 cm³/mol. The Bertz CT molecular complexity index is 856. The molecule has 0 bridgehead atoms. The first-order valence-corrected chi connectivity index (χ1v) is 9.80. The molecule has 0 spiro atoms. The topological polar surface area (TPSA) is 49.4 Å². The van der Waals surface area contributed by atoms with Gasteiger partial charge in [0.1, 0.15) is 0 Å². The van der Waals surface area contributed by atoms with Gasteiger partial charge in [-0.25, -0.2) is 0 Å². The van der Waals surface area contributed by atoms with Crippen LogP contribution in [0, 0.1) is 12.8 Å². The summed E-state index contributed by atoms with van der Waals surface area (Å²) < 4.78 is 0. The van der Waals surface area contributed by atoms with E-state index in [4.69, 9.17) is 11.6 Å². The SMILES string of the molecule is CCc1cccc(CC)c1N1CC(C(=O)Nc2ccc(Cl)cc2C)CC1=O. The molecule has 2 amide bonds. The van der Waals surface area contributed by atoms with Crippen molar-refractivity contribution in [3.8, 4) is 0 Å². The molecule has 142 valence electrons. The number of amides is 2. The highest BCUT2D eigenvalue weighted by Crippen LogP contribution is 2.33. The molecule has 1 heterocycles. The van der Waals surface area contributed by atoms with E-state index in [0.29, 0.717) is 11.6 Å². The zero-order chi connectivity index (χ0) is 19.6. The van der Waals surface area contributed by atoms with Gasteiger partial charge in [-0.15, -0.1) is 0 Å². The van der Waals surface area contributed by atoms with Gasteiger partial charge in [0.25, 0.3) is 0 Å². The maximum absolute atomic E-state index is 12.8. The molecule has 0 radical (unpaired) electrons. The van der Waals surface area contributed by atoms with Crippen molar-refractivity contribution < 1.29 is 9.59 Å². The Morgan fingerprint density at radius 2 is 1.85 bits per heavy atom. The standard InChI is InChI=1S/C22H25ClN2O2/c1-4-15-7-6-8-16(5-2)21(15)25-13-17(12-20(25)26)22(27)24-19-10-9-18(23)11-14(19)3/h6-11,17H,4-5,12-13H2,1-3H3,(H,24,27). The van der Waals surface area contributed by atoms with E-state index in [2.05, 4.69) is 31.3 Å². The average Bonchev–Trinajstić information content (AvgIpc) is 3.04. The lowest BCUT2D eigenvalue weighted by molar-refractivity contribution is -0.122. The van der Waals surface area contributed by atoms with Crippen molar-refractivity contribution in [2.24, 2.45) is 5.92 Å². The molecule has 27 heavy (non-hydrogen) atoms. The van der Waals surface area contributed by atoms with Gasteiger partial charge in [0.2, 0.25) is 11.8 Å². The van der Waals surface area contributed by atoms with Crippen molar-refractivity contribution >= 4 is 34.8 Å². The van der Waals surface area contributed by atoms with Crippen LogP contribution in [0.4, 0.5) is 11.4 Å². The maximum Gasteiger partial charge on any atom is 0.229 e. The van der Waals surface area contributed by atoms with E-state index in [0.717, 1.165) is 40.9 Å². The summed E-state index contributed by atoms with van der Waals surface area (Å²) in [5, 5.41) is 3.59. The third-order valence-electron chi connectivity index (χ3n) is 5.18. The van der Waals surface area contributed by atoms with Crippen LogP contribution < -0.4 is 10.2 Å². The number of carbonyl (C=O) groups is 2. The van der Waals surface area contributed by atoms with E-state index >= 15 is 0 Å². The van der Waals surface area contributed by atoms with Crippen LogP contribution in [-0.4, -0.2) is 18.4 Å². The summed E-state index contributed by atoms with van der Waals surface area (Å²) in [6, 6.07) is 11.5. The molecule has 2 aromatic carbocycles. The van der Waals surface area contributed by atoms with Gasteiger partial charge >= 0.3 is 0 Å². The van der Waals surface area contributed by atoms with E-state index < -0.39 is 0 Å². The average molecular weight is 385 g/mol. The Hall–Kier alpha value is -2.33. The first-order chi connectivity index (χ1) is 12.9. The fraction of sp³-hybridized carbons (Fsp3) is 0.364. The summed E-state index contributed by atoms with van der Waals surface area (Å²) in [5.41, 5.74) is 4.93. The van der Waals surface area contributed by atoms with Crippen molar-refractivity contribution in [1.29, 1.82) is 0 Å². The first kappa shape index (κ1) is 19.4. The lowest BCUT2D eigenvalue weighted by Gasteiger charge is -2.23. The summed E-state index contributed by atoms with van der Waals surface area (Å²) in [5.74, 6) is -0.468. The van der Waals surface area contributed by atoms with Gasteiger partial charge in [-0.2, -0.15) is 0 Å². The van der Waals surface area contributed by atoms with Gasteiger partial charge in [-0.05, 0) is 54.7 Å². The second kappa shape index (κ2) is 8.13. The predicted octanol–water partition coefficient (Wildman–Crippen LogP) is 4.76. The molecule has 1 N–H and O–H groups in total. The van der Waals surface area contributed by atoms with Crippen molar-refractivity contribution in [3.63, 3.8) is 0 Å². The third-order valence-corrected chi connectivity index (χ3v) is 5.41. The number of anilines is 2. The molecule has 1 atom stereocenters. The minimum Gasteiger partial charge on any atom is -0.326 e. The Morgan fingerprint density at radius 3 is 2.44 bits per heavy atom. The second-order valence-corrected chi connectivity index (χ2v) is 7.42. The normalized spacial score (nSPS) is 16.7. The zero-order valence-electron chi connectivity index (χ0n) is 16.0. The molecule has 1 unspecified atom stereocenters. The van der Waals surface area contributed by atoms with Crippen molar-refractivity contribution in [3.05, 3.63) is 58.1 Å². The number of hydrogen-bond donors (Lipinski definition) is 1. The number of aryl methyl sites for hydroxylation is 3. The van der Waals surface area contributed by atoms with Crippen LogP contribution in [-0.2, 0) is 22.4 Å². The van der Waals surface area contributed by atoms with Gasteiger partial charge in [0, 0.05) is 29.4 Å². The molecule has 1 aliphatic rings. The molecular weight excluding hydrogens is 360 g/mol. The Balaban J connectivity index is 1.80. The number of halogens is 1. The van der Waals surface area contributed by atoms with Gasteiger partial charge in [-0.1, -0.05) is 43.6 Å². The van der Waals surface area contributed by atoms with Gasteiger partial charge in [0.15, 0.2) is 0 Å². The molecule has 4 nitrogen and oxygen atoms in total. The van der Waals surface area contributed by atoms with Crippen LogP contribution in [0.1, 0.15) is 37.0 Å². The van der Waals surface area contributed by atoms with Crippen LogP contribution >= 0.6 is 11.6 Å². The summed E-state index contributed by atoms with van der Waals surface area (Å²) in [4.78, 5) is 27.3. The minimum absolute atomic E-state index is 0.0126. The van der Waals surface area contributed by atoms with Gasteiger partial charge in [-0.3, -0.25) is 9.59 Å². The largest absolute Gasteiger partial charge is 0.326 e. The van der Waals surface area contributed by atoms with Crippen molar-refractivity contribution in [1.82, 2.24) is 0 Å². The van der Waals surface area contributed by atoms with Crippen molar-refractivity contribution in [2.75, 3.05) is 16.8 Å². The van der Waals surface area contributed by atoms with Gasteiger partial charge in [0.05, 0.1) is 5.92 Å². The van der Waals surface area contributed by atoms with E-state index in [1.807, 2.05) is 19.1 Å². The van der Waals surface area contributed by atoms with Gasteiger partial charge < -0.3 is 10.2 Å². The maximum atomic E-state index is 12.8. The number of carbonyl (C=O) groups excluding carboxylic acids is 2. The fourth-order valence-electron chi connectivity index (χ4n) is 3.66. The molecular formula is C22H25ClN2O2. The number of hydrogen-bond acceptors (Lipinski definition) is 2. The minimum atomic E-state index is -0.359. The fourth-order valence-corrected chi connectivity index (χ4v) is 3.89. The van der Waals surface area contributed by atoms with E-state index in [1.54, 1.807) is 17.0 Å². The highest BCUT2D eigenvalue weighted by molar-refractivity contribution is 6.30. The highest BCUT2D eigenvalue weighted by Gasteiger charge is 2.36. The summed E-state index contributed by atoms with van der Waals surface area (Å²) in [6.45, 7) is 6.50. The monoisotopic (exact) mass is 384 g/mol. The van der Waals surface area contributed by atoms with Crippen LogP contribution in [0.3, 0.4) is 0 Å². The zero-order valence-corrected chi connectivity index (χ0v) is 16.8. The molecule has 5 heteroatoms. The smallest absolute Gasteiger partial charge is 0.229 e. The molecule has 0 saturated carbocycles. The van der Waals surface area contributed by atoms with Crippen LogP contribution in [0.15, 0.2) is 36.4 Å². The molecule has 1 saturated heterocycles. The van der Waals surface area contributed by atoms with Crippen molar-refractivity contribution in [2.45, 2.75) is 40.0 Å². The molecule has 1 aliphatic heterocycles. The third kappa shape index (κ3) is 4.01. The number of nitrogens with zero attached hydrogens (tertiary/aromatic N) is 1. The molecule has 0 aromatic heterocycles. The summed E-state index contributed by atoms with van der Waals surface area (Å²) >= 11 is 5.98. The number of rotatable bonds is 5. The lowest BCUT2D eigenvalue weighted by atomic mass is 10.0. The number of nitrogens with one attached hydrogen (secondary N) is 1. The van der Waals surface area contributed by atoms with E-state index in [9.17, 15) is 9.59 Å². The van der Waals surface area contributed by atoms with E-state index in [-0.39, 0.29) is 24.2 Å². The Morgan fingerprint density at radius 1 is 1.19 bits per heavy atom. The van der Waals surface area contributed by atoms with Crippen LogP contribution in [0.25, 0.3) is 0 Å².